The Hall–Kier alpha value is -1.78. The van der Waals surface area contributed by atoms with Gasteiger partial charge in [0.1, 0.15) is 0 Å². The molecule has 3 rings (SSSR count). The van der Waals surface area contributed by atoms with Crippen LogP contribution in [0.15, 0.2) is 59.5 Å². The maximum atomic E-state index is 6.35. The van der Waals surface area contributed by atoms with E-state index in [1.165, 1.54) is 0 Å². The van der Waals surface area contributed by atoms with Crippen molar-refractivity contribution in [3.05, 3.63) is 70.7 Å². The highest BCUT2D eigenvalue weighted by Gasteiger charge is 2.16. The first-order chi connectivity index (χ1) is 9.27. The fourth-order valence-corrected chi connectivity index (χ4v) is 2.66. The van der Waals surface area contributed by atoms with E-state index in [0.29, 0.717) is 0 Å². The van der Waals surface area contributed by atoms with Gasteiger partial charge in [0.2, 0.25) is 0 Å². The van der Waals surface area contributed by atoms with Crippen molar-refractivity contribution < 1.29 is 0 Å². The van der Waals surface area contributed by atoms with Crippen molar-refractivity contribution in [2.75, 3.05) is 0 Å². The Balaban J connectivity index is 2.17. The highest BCUT2D eigenvalue weighted by Crippen LogP contribution is 2.28. The van der Waals surface area contributed by atoms with Crippen LogP contribution in [0.25, 0.3) is 10.8 Å². The zero-order valence-corrected chi connectivity index (χ0v) is 11.7. The molecule has 0 spiro atoms. The topological polar surface area (TPSA) is 51.8 Å². The second kappa shape index (κ2) is 5.07. The van der Waals surface area contributed by atoms with E-state index in [-0.39, 0.29) is 6.04 Å². The maximum Gasteiger partial charge on any atom is 0.0759 e. The lowest BCUT2D eigenvalue weighted by molar-refractivity contribution is 0.824. The summed E-state index contributed by atoms with van der Waals surface area (Å²) in [5, 5.41) is 2.20. The molecule has 2 aromatic heterocycles. The summed E-state index contributed by atoms with van der Waals surface area (Å²) in [5.74, 6) is 0. The quantitative estimate of drug-likeness (QED) is 0.788. The minimum atomic E-state index is -0.297. The van der Waals surface area contributed by atoms with Gasteiger partial charge in [0.05, 0.1) is 11.7 Å². The van der Waals surface area contributed by atoms with Gasteiger partial charge in [-0.3, -0.25) is 9.97 Å². The van der Waals surface area contributed by atoms with Crippen LogP contribution in [0.3, 0.4) is 0 Å². The number of halogens is 1. The summed E-state index contributed by atoms with van der Waals surface area (Å²) in [6.07, 6.45) is 5.41. The molecule has 0 radical (unpaired) electrons. The molecule has 0 aliphatic carbocycles. The molecule has 0 saturated heterocycles. The summed E-state index contributed by atoms with van der Waals surface area (Å²) in [7, 11) is 0. The van der Waals surface area contributed by atoms with Gasteiger partial charge in [-0.2, -0.15) is 0 Å². The van der Waals surface area contributed by atoms with E-state index in [2.05, 4.69) is 32.0 Å². The van der Waals surface area contributed by atoms with Gasteiger partial charge >= 0.3 is 0 Å². The second-order valence-corrected chi connectivity index (χ2v) is 5.15. The molecule has 2 N–H and O–H groups in total. The van der Waals surface area contributed by atoms with Gasteiger partial charge in [0, 0.05) is 34.0 Å². The molecular weight excluding hydrogens is 302 g/mol. The lowest BCUT2D eigenvalue weighted by Crippen LogP contribution is -2.14. The van der Waals surface area contributed by atoms with E-state index < -0.39 is 0 Å². The third kappa shape index (κ3) is 2.25. The van der Waals surface area contributed by atoms with Gasteiger partial charge in [-0.05, 0) is 33.4 Å². The summed E-state index contributed by atoms with van der Waals surface area (Å²) in [6, 6.07) is 11.6. The molecule has 19 heavy (non-hydrogen) atoms. The number of benzene rings is 1. The second-order valence-electron chi connectivity index (χ2n) is 4.30. The first-order valence-electron chi connectivity index (χ1n) is 5.96. The van der Waals surface area contributed by atoms with E-state index >= 15 is 0 Å². The van der Waals surface area contributed by atoms with Gasteiger partial charge in [0.25, 0.3) is 0 Å². The van der Waals surface area contributed by atoms with Crippen molar-refractivity contribution in [3.8, 4) is 0 Å². The molecule has 94 valence electrons. The molecule has 4 heteroatoms. The Morgan fingerprint density at radius 1 is 1.05 bits per heavy atom. The van der Waals surface area contributed by atoms with Crippen LogP contribution in [0.2, 0.25) is 0 Å². The predicted octanol–water partition coefficient (Wildman–Crippen LogP) is 3.44. The molecule has 3 nitrogen and oxygen atoms in total. The Bertz CT molecular complexity index is 722. The number of rotatable bonds is 2. The van der Waals surface area contributed by atoms with Crippen LogP contribution in [-0.2, 0) is 0 Å². The molecule has 3 aromatic rings. The zero-order valence-electron chi connectivity index (χ0n) is 10.1. The fraction of sp³-hybridized carbons (Fsp3) is 0.0667. The Kier molecular flexibility index (Phi) is 3.27. The van der Waals surface area contributed by atoms with Crippen molar-refractivity contribution in [3.63, 3.8) is 0 Å². The number of nitrogens with two attached hydrogens (primary N) is 1. The first-order valence-corrected chi connectivity index (χ1v) is 6.75. The van der Waals surface area contributed by atoms with E-state index in [1.807, 2.05) is 42.7 Å². The average Bonchev–Trinajstić information content (AvgIpc) is 2.46. The van der Waals surface area contributed by atoms with Crippen LogP contribution in [0.5, 0.6) is 0 Å². The van der Waals surface area contributed by atoms with Crippen LogP contribution in [0.4, 0.5) is 0 Å². The number of hydrogen-bond acceptors (Lipinski definition) is 3. The monoisotopic (exact) mass is 313 g/mol. The standard InChI is InChI=1S/C15H12BrN3/c16-13-6-3-7-19-15(13)14(17)12-9-18-8-10-4-1-2-5-11(10)12/h1-9,14H,17H2. The van der Waals surface area contributed by atoms with Crippen molar-refractivity contribution in [1.82, 2.24) is 9.97 Å². The van der Waals surface area contributed by atoms with Crippen LogP contribution in [0.1, 0.15) is 17.3 Å². The van der Waals surface area contributed by atoms with Gasteiger partial charge in [0.15, 0.2) is 0 Å². The van der Waals surface area contributed by atoms with Gasteiger partial charge in [-0.15, -0.1) is 0 Å². The molecule has 0 bridgehead atoms. The number of nitrogens with zero attached hydrogens (tertiary/aromatic N) is 2. The molecule has 2 heterocycles. The highest BCUT2D eigenvalue weighted by molar-refractivity contribution is 9.10. The van der Waals surface area contributed by atoms with Crippen LogP contribution < -0.4 is 5.73 Å². The van der Waals surface area contributed by atoms with Crippen LogP contribution in [0, 0.1) is 0 Å². The number of aromatic nitrogens is 2. The third-order valence-electron chi connectivity index (χ3n) is 3.12. The SMILES string of the molecule is NC(c1ncccc1Br)c1cncc2ccccc12. The largest absolute Gasteiger partial charge is 0.319 e. The predicted molar refractivity (Wildman–Crippen MR) is 79.7 cm³/mol. The van der Waals surface area contributed by atoms with E-state index in [9.17, 15) is 0 Å². The lowest BCUT2D eigenvalue weighted by atomic mass is 10.00. The summed E-state index contributed by atoms with van der Waals surface area (Å²) in [5.41, 5.74) is 8.15. The van der Waals surface area contributed by atoms with E-state index in [0.717, 1.165) is 26.5 Å². The minimum Gasteiger partial charge on any atom is -0.319 e. The average molecular weight is 314 g/mol. The third-order valence-corrected chi connectivity index (χ3v) is 3.79. The molecule has 1 aromatic carbocycles. The summed E-state index contributed by atoms with van der Waals surface area (Å²) in [4.78, 5) is 8.63. The Morgan fingerprint density at radius 3 is 2.74 bits per heavy atom. The molecule has 1 atom stereocenters. The molecule has 0 amide bonds. The number of fused-ring (bicyclic) bond motifs is 1. The fourth-order valence-electron chi connectivity index (χ4n) is 2.16. The Labute approximate surface area is 119 Å². The number of pyridine rings is 2. The Morgan fingerprint density at radius 2 is 1.89 bits per heavy atom. The summed E-state index contributed by atoms with van der Waals surface area (Å²) >= 11 is 3.50. The molecule has 0 aliphatic rings. The van der Waals surface area contributed by atoms with Crippen molar-refractivity contribution in [2.24, 2.45) is 5.73 Å². The normalized spacial score (nSPS) is 12.5. The van der Waals surface area contributed by atoms with Crippen molar-refractivity contribution in [2.45, 2.75) is 6.04 Å². The maximum absolute atomic E-state index is 6.35. The van der Waals surface area contributed by atoms with Crippen LogP contribution in [-0.4, -0.2) is 9.97 Å². The minimum absolute atomic E-state index is 0.297. The van der Waals surface area contributed by atoms with Crippen molar-refractivity contribution in [1.29, 1.82) is 0 Å². The zero-order chi connectivity index (χ0) is 13.2. The van der Waals surface area contributed by atoms with Gasteiger partial charge in [-0.1, -0.05) is 24.3 Å². The molecule has 1 unspecified atom stereocenters. The summed E-state index contributed by atoms with van der Waals surface area (Å²) in [6.45, 7) is 0. The lowest BCUT2D eigenvalue weighted by Gasteiger charge is -2.15. The number of hydrogen-bond donors (Lipinski definition) is 1. The highest BCUT2D eigenvalue weighted by atomic mass is 79.9. The van der Waals surface area contributed by atoms with Crippen molar-refractivity contribution >= 4 is 26.7 Å². The summed E-state index contributed by atoms with van der Waals surface area (Å²) < 4.78 is 0.912. The smallest absolute Gasteiger partial charge is 0.0759 e. The van der Waals surface area contributed by atoms with E-state index in [1.54, 1.807) is 6.20 Å². The first kappa shape index (κ1) is 12.3. The van der Waals surface area contributed by atoms with Gasteiger partial charge < -0.3 is 5.73 Å². The molecular formula is C15H12BrN3. The molecule has 0 fully saturated rings. The van der Waals surface area contributed by atoms with Crippen LogP contribution >= 0.6 is 15.9 Å². The van der Waals surface area contributed by atoms with Gasteiger partial charge in [-0.25, -0.2) is 0 Å². The molecule has 0 saturated carbocycles. The van der Waals surface area contributed by atoms with E-state index in [4.69, 9.17) is 5.73 Å². The molecule has 0 aliphatic heterocycles.